The summed E-state index contributed by atoms with van der Waals surface area (Å²) in [4.78, 5) is 19.8. The molecule has 3 aliphatic rings. The molecule has 0 unspecified atom stereocenters. The summed E-state index contributed by atoms with van der Waals surface area (Å²) in [6, 6.07) is 15.9. The van der Waals surface area contributed by atoms with E-state index in [0.717, 1.165) is 45.9 Å². The number of carbonyl (C=O) groups excluding carboxylic acids is 1. The maximum atomic E-state index is 13.6. The minimum Gasteiger partial charge on any atom is -0.457 e. The lowest BCUT2D eigenvalue weighted by Crippen LogP contribution is -2.30. The average molecular weight is 547 g/mol. The van der Waals surface area contributed by atoms with Gasteiger partial charge in [0.1, 0.15) is 22.7 Å². The summed E-state index contributed by atoms with van der Waals surface area (Å²) in [5.74, 6) is 1.17. The molecule has 206 valence electrons. The number of thioether (sulfide) groups is 1. The third-order valence-electron chi connectivity index (χ3n) is 8.85. The zero-order valence-corrected chi connectivity index (χ0v) is 23.9. The van der Waals surface area contributed by atoms with Crippen LogP contribution in [0.25, 0.3) is 10.8 Å². The first-order valence-corrected chi connectivity index (χ1v) is 15.3. The first kappa shape index (κ1) is 26.6. The van der Waals surface area contributed by atoms with Crippen molar-refractivity contribution in [2.45, 2.75) is 82.6 Å². The number of rotatable bonds is 5. The number of ether oxygens (including phenoxy) is 1. The van der Waals surface area contributed by atoms with E-state index in [4.69, 9.17) is 9.72 Å². The first-order valence-electron chi connectivity index (χ1n) is 14.2. The van der Waals surface area contributed by atoms with E-state index in [2.05, 4.69) is 32.9 Å². The second kappa shape index (κ2) is 9.79. The number of carbonyl (C=O) groups is 1. The van der Waals surface area contributed by atoms with Gasteiger partial charge in [-0.25, -0.2) is 4.98 Å². The summed E-state index contributed by atoms with van der Waals surface area (Å²) in [6.07, 6.45) is 6.75. The molecule has 2 aliphatic heterocycles. The molecule has 1 spiro atoms. The highest BCUT2D eigenvalue weighted by Crippen LogP contribution is 2.56. The number of fused-ring (bicyclic) bond motifs is 1. The zero-order valence-electron chi connectivity index (χ0n) is 23.1. The smallest absolute Gasteiger partial charge is 0.277 e. The molecule has 0 radical (unpaired) electrons. The van der Waals surface area contributed by atoms with Gasteiger partial charge in [0.2, 0.25) is 0 Å². The summed E-state index contributed by atoms with van der Waals surface area (Å²) in [5.41, 5.74) is 1.61. The summed E-state index contributed by atoms with van der Waals surface area (Å²) < 4.78 is 6.24. The van der Waals surface area contributed by atoms with Crippen molar-refractivity contribution in [3.8, 4) is 11.5 Å². The molecule has 2 saturated heterocycles. The standard InChI is InChI=1S/C32H38N2O4S/c1-30(2,3)23-9-12-24(13-10-23)38-25-11-8-22-19-28(33-27(26(22)20-25)18-21-6-4-5-7-21)29(35)34-31(32(34,36)37)14-16-39-17-15-31/h8-13,19-21,36-37H,4-7,14-18H2,1-3H3. The number of nitrogens with zero attached hydrogens (tertiary/aromatic N) is 2. The number of hydrogen-bond acceptors (Lipinski definition) is 6. The molecule has 2 N–H and O–H groups in total. The summed E-state index contributed by atoms with van der Waals surface area (Å²) >= 11 is 1.79. The molecule has 39 heavy (non-hydrogen) atoms. The summed E-state index contributed by atoms with van der Waals surface area (Å²) in [6.45, 7) is 6.58. The van der Waals surface area contributed by atoms with Crippen LogP contribution in [0, 0.1) is 5.92 Å². The van der Waals surface area contributed by atoms with Gasteiger partial charge in [-0.15, -0.1) is 0 Å². The van der Waals surface area contributed by atoms with E-state index < -0.39 is 17.4 Å². The van der Waals surface area contributed by atoms with Gasteiger partial charge < -0.3 is 14.9 Å². The maximum Gasteiger partial charge on any atom is 0.277 e. The number of aromatic nitrogens is 1. The Morgan fingerprint density at radius 2 is 1.69 bits per heavy atom. The minimum absolute atomic E-state index is 0.0791. The van der Waals surface area contributed by atoms with Crippen LogP contribution in [0.5, 0.6) is 11.5 Å². The van der Waals surface area contributed by atoms with Crippen LogP contribution in [0.15, 0.2) is 48.5 Å². The van der Waals surface area contributed by atoms with Crippen LogP contribution in [0.3, 0.4) is 0 Å². The van der Waals surface area contributed by atoms with Crippen LogP contribution in [0.1, 0.15) is 81.0 Å². The van der Waals surface area contributed by atoms with Crippen molar-refractivity contribution < 1.29 is 19.7 Å². The van der Waals surface area contributed by atoms with Crippen molar-refractivity contribution in [3.05, 3.63) is 65.5 Å². The minimum atomic E-state index is -2.10. The van der Waals surface area contributed by atoms with E-state index in [1.807, 2.05) is 30.3 Å². The highest BCUT2D eigenvalue weighted by atomic mass is 32.2. The number of pyridine rings is 1. The van der Waals surface area contributed by atoms with Gasteiger partial charge >= 0.3 is 0 Å². The topological polar surface area (TPSA) is 82.7 Å². The van der Waals surface area contributed by atoms with E-state index in [1.54, 1.807) is 17.8 Å². The normalized spacial score (nSPS) is 20.5. The van der Waals surface area contributed by atoms with Crippen molar-refractivity contribution in [1.82, 2.24) is 9.88 Å². The fourth-order valence-corrected chi connectivity index (χ4v) is 7.58. The lowest BCUT2D eigenvalue weighted by atomic mass is 9.87. The van der Waals surface area contributed by atoms with Crippen LogP contribution < -0.4 is 4.74 Å². The predicted octanol–water partition coefficient (Wildman–Crippen LogP) is 6.42. The van der Waals surface area contributed by atoms with Gasteiger partial charge in [-0.2, -0.15) is 11.8 Å². The lowest BCUT2D eigenvalue weighted by molar-refractivity contribution is -0.115. The third-order valence-corrected chi connectivity index (χ3v) is 9.84. The monoisotopic (exact) mass is 546 g/mol. The van der Waals surface area contributed by atoms with Crippen LogP contribution in [-0.4, -0.2) is 49.0 Å². The molecule has 7 heteroatoms. The number of benzene rings is 2. The molecule has 1 saturated carbocycles. The Morgan fingerprint density at radius 1 is 1.03 bits per heavy atom. The second-order valence-corrected chi connectivity index (χ2v) is 13.7. The molecular formula is C32H38N2O4S. The molecule has 6 rings (SSSR count). The fourth-order valence-electron chi connectivity index (χ4n) is 6.42. The van der Waals surface area contributed by atoms with Gasteiger partial charge in [0.05, 0.1) is 0 Å². The van der Waals surface area contributed by atoms with Crippen molar-refractivity contribution in [3.63, 3.8) is 0 Å². The van der Waals surface area contributed by atoms with Gasteiger partial charge in [-0.05, 0) is 83.4 Å². The molecule has 1 amide bonds. The second-order valence-electron chi connectivity index (χ2n) is 12.5. The molecule has 0 bridgehead atoms. The van der Waals surface area contributed by atoms with Crippen molar-refractivity contribution in [2.75, 3.05) is 11.5 Å². The summed E-state index contributed by atoms with van der Waals surface area (Å²) in [7, 11) is 0. The van der Waals surface area contributed by atoms with Crippen LogP contribution in [-0.2, 0) is 11.8 Å². The van der Waals surface area contributed by atoms with E-state index in [0.29, 0.717) is 18.8 Å². The Bertz CT molecular complexity index is 1380. The zero-order chi connectivity index (χ0) is 27.4. The SMILES string of the molecule is CC(C)(C)c1ccc(Oc2ccc3cc(C(=O)N4C(O)(O)C45CCSCC5)nc(CC4CCCC4)c3c2)cc1. The largest absolute Gasteiger partial charge is 0.457 e. The number of hydrogen-bond donors (Lipinski definition) is 2. The molecule has 1 aromatic heterocycles. The molecule has 3 aromatic rings. The Hall–Kier alpha value is -2.61. The third kappa shape index (κ3) is 4.83. The highest BCUT2D eigenvalue weighted by Gasteiger charge is 2.77. The Labute approximate surface area is 234 Å². The van der Waals surface area contributed by atoms with Gasteiger partial charge in [0, 0.05) is 11.1 Å². The molecule has 1 aliphatic carbocycles. The average Bonchev–Trinajstić information content (AvgIpc) is 3.20. The molecule has 2 aromatic carbocycles. The van der Waals surface area contributed by atoms with Crippen molar-refractivity contribution in [1.29, 1.82) is 0 Å². The van der Waals surface area contributed by atoms with Crippen LogP contribution in [0.2, 0.25) is 0 Å². The van der Waals surface area contributed by atoms with Gasteiger partial charge in [-0.1, -0.05) is 64.7 Å². The number of aliphatic hydroxyl groups is 2. The highest BCUT2D eigenvalue weighted by molar-refractivity contribution is 7.99. The predicted molar refractivity (Wildman–Crippen MR) is 155 cm³/mol. The van der Waals surface area contributed by atoms with E-state index in [-0.39, 0.29) is 11.1 Å². The van der Waals surface area contributed by atoms with Crippen LogP contribution in [0.4, 0.5) is 0 Å². The van der Waals surface area contributed by atoms with Crippen LogP contribution >= 0.6 is 11.8 Å². The maximum absolute atomic E-state index is 13.6. The number of amides is 1. The van der Waals surface area contributed by atoms with Crippen molar-refractivity contribution in [2.24, 2.45) is 5.92 Å². The van der Waals surface area contributed by atoms with Gasteiger partial charge in [0.25, 0.3) is 11.8 Å². The van der Waals surface area contributed by atoms with Crippen molar-refractivity contribution >= 4 is 28.4 Å². The quantitative estimate of drug-likeness (QED) is 0.284. The fraction of sp³-hybridized carbons (Fsp3) is 0.500. The Kier molecular flexibility index (Phi) is 6.68. The van der Waals surface area contributed by atoms with Gasteiger partial charge in [0.15, 0.2) is 0 Å². The van der Waals surface area contributed by atoms with E-state index >= 15 is 0 Å². The van der Waals surface area contributed by atoms with Gasteiger partial charge in [-0.3, -0.25) is 9.69 Å². The molecular weight excluding hydrogens is 508 g/mol. The van der Waals surface area contributed by atoms with E-state index in [1.165, 1.54) is 36.1 Å². The Morgan fingerprint density at radius 3 is 2.36 bits per heavy atom. The first-order chi connectivity index (χ1) is 18.6. The summed E-state index contributed by atoms with van der Waals surface area (Å²) in [5, 5.41) is 23.4. The molecule has 3 heterocycles. The van der Waals surface area contributed by atoms with E-state index in [9.17, 15) is 15.0 Å². The molecule has 0 atom stereocenters. The molecule has 6 nitrogen and oxygen atoms in total. The lowest BCUT2D eigenvalue weighted by Gasteiger charge is -2.20. The Balaban J connectivity index is 1.33. The molecule has 3 fully saturated rings.